The highest BCUT2D eigenvalue weighted by atomic mass is 16.1. The Hall–Kier alpha value is -1.82. The van der Waals surface area contributed by atoms with Crippen molar-refractivity contribution in [2.75, 3.05) is 18.0 Å². The summed E-state index contributed by atoms with van der Waals surface area (Å²) >= 11 is 0. The fraction of sp³-hybridized carbons (Fsp3) is 0.385. The van der Waals surface area contributed by atoms with Crippen molar-refractivity contribution in [3.8, 4) is 12.3 Å². The smallest absolute Gasteiger partial charge is 0.161 e. The maximum absolute atomic E-state index is 11.1. The Labute approximate surface area is 96.5 Å². The summed E-state index contributed by atoms with van der Waals surface area (Å²) in [5.74, 6) is 3.46. The minimum absolute atomic E-state index is 0.0260. The fourth-order valence-corrected chi connectivity index (χ4v) is 1.44. The highest BCUT2D eigenvalue weighted by Gasteiger charge is 2.06. The molecule has 0 aromatic carbocycles. The molecular weight excluding hydrogens is 200 g/mol. The summed E-state index contributed by atoms with van der Waals surface area (Å²) in [6.07, 6.45) is 7.91. The number of nitrogens with zero attached hydrogens (tertiary/aromatic N) is 2. The topological polar surface area (TPSA) is 33.2 Å². The van der Waals surface area contributed by atoms with Gasteiger partial charge in [-0.2, -0.15) is 0 Å². The first kappa shape index (κ1) is 12.3. The average Bonchev–Trinajstić information content (AvgIpc) is 2.29. The predicted octanol–water partition coefficient (Wildman–Crippen LogP) is 2.13. The lowest BCUT2D eigenvalue weighted by molar-refractivity contribution is 0.101. The number of hydrogen-bond donors (Lipinski definition) is 0. The Morgan fingerprint density at radius 1 is 1.56 bits per heavy atom. The number of aromatic nitrogens is 1. The summed E-state index contributed by atoms with van der Waals surface area (Å²) in [6, 6.07) is 3.62. The van der Waals surface area contributed by atoms with Gasteiger partial charge in [0.05, 0.1) is 6.54 Å². The van der Waals surface area contributed by atoms with E-state index in [-0.39, 0.29) is 5.78 Å². The number of terminal acetylenes is 1. The molecule has 0 spiro atoms. The molecule has 0 aliphatic carbocycles. The van der Waals surface area contributed by atoms with Crippen molar-refractivity contribution in [1.82, 2.24) is 4.98 Å². The van der Waals surface area contributed by atoms with Crippen LogP contribution in [0.4, 0.5) is 5.82 Å². The second-order valence-corrected chi connectivity index (χ2v) is 3.59. The highest BCUT2D eigenvalue weighted by molar-refractivity contribution is 5.93. The van der Waals surface area contributed by atoms with E-state index >= 15 is 0 Å². The maximum Gasteiger partial charge on any atom is 0.161 e. The normalized spacial score (nSPS) is 9.56. The van der Waals surface area contributed by atoms with Gasteiger partial charge in [0, 0.05) is 18.3 Å². The molecule has 0 saturated carbocycles. The van der Waals surface area contributed by atoms with E-state index < -0.39 is 0 Å². The van der Waals surface area contributed by atoms with Crippen molar-refractivity contribution < 1.29 is 4.79 Å². The van der Waals surface area contributed by atoms with Crippen LogP contribution in [-0.2, 0) is 0 Å². The first-order chi connectivity index (χ1) is 7.69. The second kappa shape index (κ2) is 5.92. The third-order valence-electron chi connectivity index (χ3n) is 2.25. The number of hydrogen-bond acceptors (Lipinski definition) is 3. The second-order valence-electron chi connectivity index (χ2n) is 3.59. The first-order valence-electron chi connectivity index (χ1n) is 5.34. The van der Waals surface area contributed by atoms with Crippen LogP contribution < -0.4 is 4.90 Å². The zero-order chi connectivity index (χ0) is 12.0. The van der Waals surface area contributed by atoms with E-state index in [1.54, 1.807) is 12.3 Å². The molecule has 0 amide bonds. The Morgan fingerprint density at radius 3 is 2.75 bits per heavy atom. The van der Waals surface area contributed by atoms with Gasteiger partial charge in [0.15, 0.2) is 5.78 Å². The molecule has 1 heterocycles. The van der Waals surface area contributed by atoms with E-state index in [1.165, 1.54) is 6.92 Å². The van der Waals surface area contributed by atoms with E-state index in [0.717, 1.165) is 18.8 Å². The van der Waals surface area contributed by atoms with Crippen molar-refractivity contribution >= 4 is 11.6 Å². The zero-order valence-corrected chi connectivity index (χ0v) is 9.73. The summed E-state index contributed by atoms with van der Waals surface area (Å²) in [4.78, 5) is 17.4. The lowest BCUT2D eigenvalue weighted by Gasteiger charge is -2.20. The molecule has 16 heavy (non-hydrogen) atoms. The molecule has 3 heteroatoms. The van der Waals surface area contributed by atoms with Gasteiger partial charge in [0.25, 0.3) is 0 Å². The number of carbonyl (C=O) groups excluding carboxylic acids is 1. The first-order valence-corrected chi connectivity index (χ1v) is 5.34. The van der Waals surface area contributed by atoms with E-state index in [4.69, 9.17) is 6.42 Å². The van der Waals surface area contributed by atoms with Gasteiger partial charge in [-0.25, -0.2) is 4.98 Å². The molecule has 1 aromatic heterocycles. The Balaban J connectivity index is 2.85. The van der Waals surface area contributed by atoms with Gasteiger partial charge in [0.2, 0.25) is 0 Å². The van der Waals surface area contributed by atoms with E-state index in [2.05, 4.69) is 17.8 Å². The van der Waals surface area contributed by atoms with Gasteiger partial charge in [-0.3, -0.25) is 4.79 Å². The number of rotatable bonds is 5. The largest absolute Gasteiger partial charge is 0.345 e. The van der Waals surface area contributed by atoms with Gasteiger partial charge >= 0.3 is 0 Å². The van der Waals surface area contributed by atoms with Gasteiger partial charge in [-0.05, 0) is 25.5 Å². The van der Waals surface area contributed by atoms with Crippen molar-refractivity contribution in [3.63, 3.8) is 0 Å². The quantitative estimate of drug-likeness (QED) is 0.558. The third-order valence-corrected chi connectivity index (χ3v) is 2.25. The molecule has 0 bridgehead atoms. The van der Waals surface area contributed by atoms with Crippen LogP contribution in [0.5, 0.6) is 0 Å². The average molecular weight is 216 g/mol. The summed E-state index contributed by atoms with van der Waals surface area (Å²) in [5, 5.41) is 0. The van der Waals surface area contributed by atoms with Crippen LogP contribution in [0.3, 0.4) is 0 Å². The standard InChI is InChI=1S/C13H16N2O/c1-4-8-15(9-5-2)13-7-6-12(10-14-13)11(3)16/h1,6-7,10H,5,8-9H2,2-3H3. The van der Waals surface area contributed by atoms with Crippen molar-refractivity contribution in [2.45, 2.75) is 20.3 Å². The van der Waals surface area contributed by atoms with Crippen LogP contribution in [-0.4, -0.2) is 23.9 Å². The van der Waals surface area contributed by atoms with Crippen LogP contribution in [0.1, 0.15) is 30.6 Å². The number of anilines is 1. The van der Waals surface area contributed by atoms with Crippen molar-refractivity contribution in [3.05, 3.63) is 23.9 Å². The highest BCUT2D eigenvalue weighted by Crippen LogP contribution is 2.11. The van der Waals surface area contributed by atoms with Crippen LogP contribution in [0, 0.1) is 12.3 Å². The number of ketones is 1. The molecule has 0 atom stereocenters. The number of pyridine rings is 1. The minimum Gasteiger partial charge on any atom is -0.345 e. The molecule has 3 nitrogen and oxygen atoms in total. The summed E-state index contributed by atoms with van der Waals surface area (Å²) < 4.78 is 0. The van der Waals surface area contributed by atoms with Gasteiger partial charge in [-0.1, -0.05) is 12.8 Å². The van der Waals surface area contributed by atoms with Crippen LogP contribution in [0.15, 0.2) is 18.3 Å². The van der Waals surface area contributed by atoms with E-state index in [9.17, 15) is 4.79 Å². The lowest BCUT2D eigenvalue weighted by atomic mass is 10.2. The molecule has 0 radical (unpaired) electrons. The van der Waals surface area contributed by atoms with Gasteiger partial charge < -0.3 is 4.90 Å². The summed E-state index contributed by atoms with van der Waals surface area (Å²) in [7, 11) is 0. The van der Waals surface area contributed by atoms with Crippen LogP contribution in [0.25, 0.3) is 0 Å². The molecule has 0 N–H and O–H groups in total. The monoisotopic (exact) mass is 216 g/mol. The molecular formula is C13H16N2O. The molecule has 0 saturated heterocycles. The van der Waals surface area contributed by atoms with Gasteiger partial charge in [-0.15, -0.1) is 6.42 Å². The maximum atomic E-state index is 11.1. The molecule has 1 aromatic rings. The Morgan fingerprint density at radius 2 is 2.31 bits per heavy atom. The van der Waals surface area contributed by atoms with Gasteiger partial charge in [0.1, 0.15) is 5.82 Å². The van der Waals surface area contributed by atoms with E-state index in [0.29, 0.717) is 12.1 Å². The van der Waals surface area contributed by atoms with Crippen LogP contribution in [0.2, 0.25) is 0 Å². The Bertz CT molecular complexity index is 389. The molecule has 0 aliphatic heterocycles. The Kier molecular flexibility index (Phi) is 4.53. The lowest BCUT2D eigenvalue weighted by Crippen LogP contribution is -2.25. The molecule has 0 unspecified atom stereocenters. The zero-order valence-electron chi connectivity index (χ0n) is 9.73. The predicted molar refractivity (Wildman–Crippen MR) is 65.6 cm³/mol. The molecule has 0 aliphatic rings. The van der Waals surface area contributed by atoms with E-state index in [1.807, 2.05) is 11.0 Å². The van der Waals surface area contributed by atoms with Crippen molar-refractivity contribution in [2.24, 2.45) is 0 Å². The van der Waals surface area contributed by atoms with Crippen LogP contribution >= 0.6 is 0 Å². The number of Topliss-reactive ketones (excluding diaryl/α,β-unsaturated/α-hetero) is 1. The fourth-order valence-electron chi connectivity index (χ4n) is 1.44. The number of carbonyl (C=O) groups is 1. The SMILES string of the molecule is C#CCN(CCC)c1ccc(C(C)=O)cn1. The van der Waals surface area contributed by atoms with Crippen molar-refractivity contribution in [1.29, 1.82) is 0 Å². The molecule has 84 valence electrons. The molecule has 0 fully saturated rings. The molecule has 1 rings (SSSR count). The minimum atomic E-state index is 0.0260. The summed E-state index contributed by atoms with van der Waals surface area (Å²) in [6.45, 7) is 5.03. The third kappa shape index (κ3) is 3.09. The summed E-state index contributed by atoms with van der Waals surface area (Å²) in [5.41, 5.74) is 0.626.